The molecule has 0 bridgehead atoms. The van der Waals surface area contributed by atoms with E-state index in [2.05, 4.69) is 16.0 Å². The van der Waals surface area contributed by atoms with E-state index in [9.17, 15) is 19.7 Å². The molecule has 1 aliphatic rings. The number of hydrogen-bond acceptors (Lipinski definition) is 5. The Morgan fingerprint density at radius 2 is 2.25 bits per heavy atom. The van der Waals surface area contributed by atoms with Crippen LogP contribution in [0.2, 0.25) is 0 Å². The number of non-ortho nitro benzene ring substituents is 1. The minimum Gasteiger partial charge on any atom is -0.353 e. The lowest BCUT2D eigenvalue weighted by atomic mass is 10.1. The summed E-state index contributed by atoms with van der Waals surface area (Å²) < 4.78 is 0. The average Bonchev–Trinajstić information content (AvgIpc) is 2.41. The Morgan fingerprint density at radius 3 is 2.95 bits per heavy atom. The van der Waals surface area contributed by atoms with E-state index in [0.29, 0.717) is 18.8 Å². The van der Waals surface area contributed by atoms with Crippen LogP contribution in [-0.2, 0) is 9.59 Å². The molecule has 2 rings (SSSR count). The van der Waals surface area contributed by atoms with Gasteiger partial charge < -0.3 is 16.0 Å². The summed E-state index contributed by atoms with van der Waals surface area (Å²) in [6.45, 7) is 1.16. The standard InChI is InChI=1S/C12H14N4O4/c17-11(7-10-12(18)14-5-4-13-10)15-8-2-1-3-9(6-8)16(19)20/h1-3,6,10,13H,4-5,7H2,(H,14,18)(H,15,17)/t10-/m1/s1. The van der Waals surface area contributed by atoms with E-state index in [1.165, 1.54) is 18.2 Å². The van der Waals surface area contributed by atoms with Crippen LogP contribution < -0.4 is 16.0 Å². The first-order chi connectivity index (χ1) is 9.56. The summed E-state index contributed by atoms with van der Waals surface area (Å²) in [6.07, 6.45) is -0.0193. The van der Waals surface area contributed by atoms with Crippen LogP contribution in [0.1, 0.15) is 6.42 Å². The van der Waals surface area contributed by atoms with Crippen molar-refractivity contribution in [2.75, 3.05) is 18.4 Å². The molecule has 0 aliphatic carbocycles. The molecule has 1 atom stereocenters. The third-order valence-electron chi connectivity index (χ3n) is 2.86. The molecule has 20 heavy (non-hydrogen) atoms. The quantitative estimate of drug-likeness (QED) is 0.530. The van der Waals surface area contributed by atoms with Crippen LogP contribution in [0.25, 0.3) is 0 Å². The molecule has 8 nitrogen and oxygen atoms in total. The summed E-state index contributed by atoms with van der Waals surface area (Å²) in [5.74, 6) is -0.592. The molecule has 0 aromatic heterocycles. The topological polar surface area (TPSA) is 113 Å². The Kier molecular flexibility index (Phi) is 4.26. The number of benzene rings is 1. The Hall–Kier alpha value is -2.48. The van der Waals surface area contributed by atoms with E-state index in [1.807, 2.05) is 0 Å². The zero-order valence-electron chi connectivity index (χ0n) is 10.6. The maximum atomic E-state index is 11.8. The van der Waals surface area contributed by atoms with Crippen molar-refractivity contribution in [2.24, 2.45) is 0 Å². The van der Waals surface area contributed by atoms with Gasteiger partial charge in [-0.2, -0.15) is 0 Å². The average molecular weight is 278 g/mol. The second-order valence-corrected chi connectivity index (χ2v) is 4.36. The molecule has 8 heteroatoms. The van der Waals surface area contributed by atoms with Gasteiger partial charge in [0.15, 0.2) is 0 Å². The lowest BCUT2D eigenvalue weighted by molar-refractivity contribution is -0.384. The van der Waals surface area contributed by atoms with Crippen LogP contribution in [0, 0.1) is 10.1 Å². The van der Waals surface area contributed by atoms with Crippen LogP contribution in [0.5, 0.6) is 0 Å². The third-order valence-corrected chi connectivity index (χ3v) is 2.86. The SMILES string of the molecule is O=C(C[C@H]1NCCNC1=O)Nc1cccc([N+](=O)[O-])c1. The van der Waals surface area contributed by atoms with E-state index in [1.54, 1.807) is 6.07 Å². The van der Waals surface area contributed by atoms with Gasteiger partial charge in [-0.25, -0.2) is 0 Å². The minimum atomic E-state index is -0.567. The number of nitro groups is 1. The van der Waals surface area contributed by atoms with Crippen LogP contribution in [0.3, 0.4) is 0 Å². The summed E-state index contributed by atoms with van der Waals surface area (Å²) in [5.41, 5.74) is 0.233. The highest BCUT2D eigenvalue weighted by atomic mass is 16.6. The zero-order valence-corrected chi connectivity index (χ0v) is 10.6. The lowest BCUT2D eigenvalue weighted by Gasteiger charge is -2.22. The Labute approximate surface area is 114 Å². The predicted octanol–water partition coefficient (Wildman–Crippen LogP) is 0.0114. The van der Waals surface area contributed by atoms with Gasteiger partial charge in [0.05, 0.1) is 17.4 Å². The van der Waals surface area contributed by atoms with Gasteiger partial charge in [-0.1, -0.05) is 6.07 Å². The van der Waals surface area contributed by atoms with Crippen LogP contribution in [-0.4, -0.2) is 35.9 Å². The second kappa shape index (κ2) is 6.11. The first-order valence-electron chi connectivity index (χ1n) is 6.11. The highest BCUT2D eigenvalue weighted by Crippen LogP contribution is 2.17. The number of hydrogen-bond donors (Lipinski definition) is 3. The molecule has 1 heterocycles. The van der Waals surface area contributed by atoms with E-state index in [4.69, 9.17) is 0 Å². The Morgan fingerprint density at radius 1 is 1.45 bits per heavy atom. The van der Waals surface area contributed by atoms with Gasteiger partial charge >= 0.3 is 0 Å². The first kappa shape index (κ1) is 13.9. The highest BCUT2D eigenvalue weighted by Gasteiger charge is 2.24. The summed E-state index contributed by atoms with van der Waals surface area (Å²) in [5, 5.41) is 18.8. The number of rotatable bonds is 4. The van der Waals surface area contributed by atoms with Gasteiger partial charge in [-0.05, 0) is 6.07 Å². The minimum absolute atomic E-state index is 0.0193. The van der Waals surface area contributed by atoms with Gasteiger partial charge in [0.25, 0.3) is 5.69 Å². The molecular weight excluding hydrogens is 264 g/mol. The number of nitrogens with zero attached hydrogens (tertiary/aromatic N) is 1. The van der Waals surface area contributed by atoms with Gasteiger partial charge in [0.1, 0.15) is 0 Å². The molecule has 1 aromatic carbocycles. The maximum absolute atomic E-state index is 11.8. The summed E-state index contributed by atoms with van der Waals surface area (Å²) in [7, 11) is 0. The van der Waals surface area contributed by atoms with E-state index in [-0.39, 0.29) is 23.9 Å². The molecule has 0 spiro atoms. The van der Waals surface area contributed by atoms with Crippen molar-refractivity contribution in [2.45, 2.75) is 12.5 Å². The molecule has 0 unspecified atom stereocenters. The fourth-order valence-electron chi connectivity index (χ4n) is 1.91. The number of piperazine rings is 1. The molecule has 1 saturated heterocycles. The number of amides is 2. The molecule has 3 N–H and O–H groups in total. The molecule has 106 valence electrons. The molecule has 0 saturated carbocycles. The molecule has 1 aliphatic heterocycles. The van der Waals surface area contributed by atoms with Crippen molar-refractivity contribution in [1.29, 1.82) is 0 Å². The Balaban J connectivity index is 1.95. The van der Waals surface area contributed by atoms with Crippen LogP contribution in [0.15, 0.2) is 24.3 Å². The van der Waals surface area contributed by atoms with Gasteiger partial charge in [0.2, 0.25) is 11.8 Å². The van der Waals surface area contributed by atoms with E-state index >= 15 is 0 Å². The maximum Gasteiger partial charge on any atom is 0.271 e. The molecule has 0 radical (unpaired) electrons. The van der Waals surface area contributed by atoms with Crippen molar-refractivity contribution in [3.05, 3.63) is 34.4 Å². The van der Waals surface area contributed by atoms with Crippen molar-refractivity contribution in [1.82, 2.24) is 10.6 Å². The van der Waals surface area contributed by atoms with Gasteiger partial charge in [-0.15, -0.1) is 0 Å². The number of nitro benzene ring substituents is 1. The smallest absolute Gasteiger partial charge is 0.271 e. The normalized spacial score (nSPS) is 18.2. The second-order valence-electron chi connectivity index (χ2n) is 4.36. The monoisotopic (exact) mass is 278 g/mol. The lowest BCUT2D eigenvalue weighted by Crippen LogP contribution is -2.53. The number of carbonyl (C=O) groups excluding carboxylic acids is 2. The fourth-order valence-corrected chi connectivity index (χ4v) is 1.91. The van der Waals surface area contributed by atoms with Crippen molar-refractivity contribution < 1.29 is 14.5 Å². The van der Waals surface area contributed by atoms with Crippen LogP contribution in [0.4, 0.5) is 11.4 Å². The number of nitrogens with one attached hydrogen (secondary N) is 3. The first-order valence-corrected chi connectivity index (χ1v) is 6.11. The molecule has 2 amide bonds. The van der Waals surface area contributed by atoms with Gasteiger partial charge in [-0.3, -0.25) is 19.7 Å². The van der Waals surface area contributed by atoms with Gasteiger partial charge in [0, 0.05) is 30.9 Å². The highest BCUT2D eigenvalue weighted by molar-refractivity contribution is 5.95. The van der Waals surface area contributed by atoms with E-state index < -0.39 is 11.0 Å². The summed E-state index contributed by atoms with van der Waals surface area (Å²) in [6, 6.07) is 5.08. The third kappa shape index (κ3) is 3.51. The largest absolute Gasteiger partial charge is 0.353 e. The van der Waals surface area contributed by atoms with Crippen molar-refractivity contribution in [3.63, 3.8) is 0 Å². The summed E-state index contributed by atoms with van der Waals surface area (Å²) >= 11 is 0. The molecular formula is C12H14N4O4. The van der Waals surface area contributed by atoms with Crippen molar-refractivity contribution >= 4 is 23.2 Å². The number of anilines is 1. The number of carbonyl (C=O) groups is 2. The fraction of sp³-hybridized carbons (Fsp3) is 0.333. The molecule has 1 aromatic rings. The van der Waals surface area contributed by atoms with Crippen LogP contribution >= 0.6 is 0 Å². The van der Waals surface area contributed by atoms with Crippen molar-refractivity contribution in [3.8, 4) is 0 Å². The zero-order chi connectivity index (χ0) is 14.5. The summed E-state index contributed by atoms with van der Waals surface area (Å²) in [4.78, 5) is 33.4. The predicted molar refractivity (Wildman–Crippen MR) is 71.1 cm³/mol. The Bertz CT molecular complexity index is 546. The van der Waals surface area contributed by atoms with E-state index in [0.717, 1.165) is 0 Å². The molecule has 1 fully saturated rings.